The van der Waals surface area contributed by atoms with E-state index in [4.69, 9.17) is 4.74 Å². The molecule has 0 aliphatic heterocycles. The van der Waals surface area contributed by atoms with Crippen molar-refractivity contribution in [2.45, 2.75) is 0 Å². The van der Waals surface area contributed by atoms with E-state index >= 15 is 0 Å². The second-order valence-electron chi connectivity index (χ2n) is 5.50. The SMILES string of the molecule is COc1ccc(/C(=C(\C#N)c2ccccc2)c2ccc(O)cc2)cc1. The Morgan fingerprint density at radius 2 is 1.36 bits per heavy atom. The van der Waals surface area contributed by atoms with Gasteiger partial charge >= 0.3 is 0 Å². The number of rotatable bonds is 4. The summed E-state index contributed by atoms with van der Waals surface area (Å²) in [5.41, 5.74) is 4.02. The Labute approximate surface area is 147 Å². The third-order valence-corrected chi connectivity index (χ3v) is 3.96. The van der Waals surface area contributed by atoms with E-state index in [2.05, 4.69) is 6.07 Å². The predicted octanol–water partition coefficient (Wildman–Crippen LogP) is 4.88. The Bertz CT molecular complexity index is 919. The fourth-order valence-corrected chi connectivity index (χ4v) is 2.71. The Hall–Kier alpha value is -3.51. The van der Waals surface area contributed by atoms with Crippen molar-refractivity contribution >= 4 is 11.1 Å². The Kier molecular flexibility index (Phi) is 4.82. The number of nitriles is 1. The highest BCUT2D eigenvalue weighted by atomic mass is 16.5. The smallest absolute Gasteiger partial charge is 0.118 e. The van der Waals surface area contributed by atoms with Crippen LogP contribution in [-0.2, 0) is 0 Å². The maximum absolute atomic E-state index is 9.85. The number of allylic oxidation sites excluding steroid dienone is 1. The minimum absolute atomic E-state index is 0.191. The number of methoxy groups -OCH3 is 1. The quantitative estimate of drug-likeness (QED) is 0.548. The first-order valence-electron chi connectivity index (χ1n) is 7.86. The minimum Gasteiger partial charge on any atom is -0.508 e. The normalized spacial score (nSPS) is 11.4. The number of hydrogen-bond acceptors (Lipinski definition) is 3. The maximum atomic E-state index is 9.85. The van der Waals surface area contributed by atoms with Gasteiger partial charge in [-0.1, -0.05) is 54.6 Å². The molecular formula is C22H17NO2. The number of benzene rings is 3. The molecule has 0 radical (unpaired) electrons. The summed E-state index contributed by atoms with van der Waals surface area (Å²) < 4.78 is 5.23. The zero-order valence-electron chi connectivity index (χ0n) is 13.8. The van der Waals surface area contributed by atoms with E-state index in [9.17, 15) is 10.4 Å². The fourth-order valence-electron chi connectivity index (χ4n) is 2.71. The van der Waals surface area contributed by atoms with Crippen LogP contribution in [0.5, 0.6) is 11.5 Å². The highest BCUT2D eigenvalue weighted by Gasteiger charge is 2.14. The highest BCUT2D eigenvalue weighted by Crippen LogP contribution is 2.33. The van der Waals surface area contributed by atoms with Gasteiger partial charge in [0.2, 0.25) is 0 Å². The van der Waals surface area contributed by atoms with Crippen LogP contribution in [0.4, 0.5) is 0 Å². The molecule has 0 atom stereocenters. The maximum Gasteiger partial charge on any atom is 0.118 e. The molecule has 0 spiro atoms. The molecule has 0 saturated heterocycles. The van der Waals surface area contributed by atoms with Crippen molar-refractivity contribution in [3.8, 4) is 17.6 Å². The van der Waals surface area contributed by atoms with E-state index in [0.717, 1.165) is 28.0 Å². The van der Waals surface area contributed by atoms with Crippen molar-refractivity contribution in [2.75, 3.05) is 7.11 Å². The molecule has 0 bridgehead atoms. The number of hydrogen-bond donors (Lipinski definition) is 1. The number of aromatic hydroxyl groups is 1. The second kappa shape index (κ2) is 7.37. The van der Waals surface area contributed by atoms with Crippen LogP contribution in [0.2, 0.25) is 0 Å². The summed E-state index contributed by atoms with van der Waals surface area (Å²) in [6.07, 6.45) is 0. The molecule has 3 rings (SSSR count). The molecule has 3 aromatic rings. The van der Waals surface area contributed by atoms with Crippen LogP contribution in [0, 0.1) is 11.3 Å². The lowest BCUT2D eigenvalue weighted by Gasteiger charge is -2.13. The zero-order chi connectivity index (χ0) is 17.6. The van der Waals surface area contributed by atoms with Gasteiger partial charge < -0.3 is 9.84 Å². The van der Waals surface area contributed by atoms with Gasteiger partial charge in [-0.3, -0.25) is 0 Å². The third-order valence-electron chi connectivity index (χ3n) is 3.96. The van der Waals surface area contributed by atoms with Gasteiger partial charge in [-0.05, 0) is 41.0 Å². The topological polar surface area (TPSA) is 53.2 Å². The molecule has 0 amide bonds. The van der Waals surface area contributed by atoms with E-state index in [-0.39, 0.29) is 5.75 Å². The lowest BCUT2D eigenvalue weighted by atomic mass is 9.90. The van der Waals surface area contributed by atoms with Gasteiger partial charge in [0.1, 0.15) is 17.6 Å². The average molecular weight is 327 g/mol. The van der Waals surface area contributed by atoms with Crippen molar-refractivity contribution in [1.82, 2.24) is 0 Å². The van der Waals surface area contributed by atoms with Crippen LogP contribution < -0.4 is 4.74 Å². The van der Waals surface area contributed by atoms with Crippen molar-refractivity contribution < 1.29 is 9.84 Å². The standard InChI is InChI=1S/C22H17NO2/c1-25-20-13-9-18(10-14-20)22(17-7-11-19(24)12-8-17)21(15-23)16-5-3-2-4-6-16/h2-14,24H,1H3/b22-21+. The predicted molar refractivity (Wildman–Crippen MR) is 99.1 cm³/mol. The van der Waals surface area contributed by atoms with E-state index in [1.54, 1.807) is 19.2 Å². The summed E-state index contributed by atoms with van der Waals surface area (Å²) in [6, 6.07) is 26.4. The Balaban J connectivity index is 2.25. The lowest BCUT2D eigenvalue weighted by Crippen LogP contribution is -1.94. The average Bonchev–Trinajstić information content (AvgIpc) is 2.68. The van der Waals surface area contributed by atoms with Crippen LogP contribution in [0.25, 0.3) is 11.1 Å². The molecule has 3 aromatic carbocycles. The summed E-state index contributed by atoms with van der Waals surface area (Å²) in [7, 11) is 1.62. The second-order valence-corrected chi connectivity index (χ2v) is 5.50. The van der Waals surface area contributed by atoms with Gasteiger partial charge in [0.25, 0.3) is 0 Å². The molecule has 0 aromatic heterocycles. The van der Waals surface area contributed by atoms with Crippen molar-refractivity contribution in [3.63, 3.8) is 0 Å². The number of phenols is 1. The van der Waals surface area contributed by atoms with Crippen LogP contribution in [0.3, 0.4) is 0 Å². The summed E-state index contributed by atoms with van der Waals surface area (Å²) in [4.78, 5) is 0. The van der Waals surface area contributed by atoms with Crippen molar-refractivity contribution in [1.29, 1.82) is 5.26 Å². The van der Waals surface area contributed by atoms with Crippen LogP contribution in [-0.4, -0.2) is 12.2 Å². The lowest BCUT2D eigenvalue weighted by molar-refractivity contribution is 0.415. The van der Waals surface area contributed by atoms with E-state index in [0.29, 0.717) is 5.57 Å². The summed E-state index contributed by atoms with van der Waals surface area (Å²) in [6.45, 7) is 0. The van der Waals surface area contributed by atoms with Gasteiger partial charge in [0, 0.05) is 5.57 Å². The molecule has 0 aliphatic carbocycles. The molecule has 1 N–H and O–H groups in total. The largest absolute Gasteiger partial charge is 0.508 e. The number of phenolic OH excluding ortho intramolecular Hbond substituents is 1. The van der Waals surface area contributed by atoms with Gasteiger partial charge in [-0.15, -0.1) is 0 Å². The van der Waals surface area contributed by atoms with Gasteiger partial charge in [0.15, 0.2) is 0 Å². The fraction of sp³-hybridized carbons (Fsp3) is 0.0455. The highest BCUT2D eigenvalue weighted by molar-refractivity contribution is 6.03. The van der Waals surface area contributed by atoms with E-state index in [1.807, 2.05) is 66.7 Å². The summed E-state index contributed by atoms with van der Waals surface area (Å²) in [5.74, 6) is 0.947. The molecule has 0 saturated carbocycles. The summed E-state index contributed by atoms with van der Waals surface area (Å²) in [5, 5.41) is 19.4. The molecule has 3 nitrogen and oxygen atoms in total. The monoisotopic (exact) mass is 327 g/mol. The van der Waals surface area contributed by atoms with E-state index < -0.39 is 0 Å². The molecule has 0 aliphatic rings. The molecule has 0 fully saturated rings. The Morgan fingerprint density at radius 1 is 0.800 bits per heavy atom. The summed E-state index contributed by atoms with van der Waals surface area (Å²) >= 11 is 0. The first kappa shape index (κ1) is 16.4. The minimum atomic E-state index is 0.191. The van der Waals surface area contributed by atoms with Crippen molar-refractivity contribution in [3.05, 3.63) is 95.6 Å². The third kappa shape index (κ3) is 3.54. The van der Waals surface area contributed by atoms with Gasteiger partial charge in [-0.25, -0.2) is 0 Å². The number of nitrogens with zero attached hydrogens (tertiary/aromatic N) is 1. The Morgan fingerprint density at radius 3 is 1.88 bits per heavy atom. The van der Waals surface area contributed by atoms with E-state index in [1.165, 1.54) is 0 Å². The van der Waals surface area contributed by atoms with Gasteiger partial charge in [-0.2, -0.15) is 5.26 Å². The molecule has 0 heterocycles. The molecule has 0 unspecified atom stereocenters. The van der Waals surface area contributed by atoms with Gasteiger partial charge in [0.05, 0.1) is 12.7 Å². The van der Waals surface area contributed by atoms with Crippen LogP contribution in [0.1, 0.15) is 16.7 Å². The molecule has 122 valence electrons. The van der Waals surface area contributed by atoms with Crippen LogP contribution in [0.15, 0.2) is 78.9 Å². The first-order chi connectivity index (χ1) is 12.2. The molecule has 25 heavy (non-hydrogen) atoms. The number of ether oxygens (including phenoxy) is 1. The zero-order valence-corrected chi connectivity index (χ0v) is 13.8. The first-order valence-corrected chi connectivity index (χ1v) is 7.86. The van der Waals surface area contributed by atoms with Crippen LogP contribution >= 0.6 is 0 Å². The molecule has 3 heteroatoms. The molecular weight excluding hydrogens is 310 g/mol. The van der Waals surface area contributed by atoms with Crippen molar-refractivity contribution in [2.24, 2.45) is 0 Å².